The van der Waals surface area contributed by atoms with E-state index in [9.17, 15) is 0 Å². The molecular formula is C32H23N. The first kappa shape index (κ1) is 19.5. The Kier molecular flexibility index (Phi) is 4.93. The third kappa shape index (κ3) is 3.90. The Labute approximate surface area is 193 Å². The fraction of sp³-hybridized carbons (Fsp3) is 0.0312. The molecule has 6 aromatic carbocycles. The molecule has 0 aliphatic heterocycles. The van der Waals surface area contributed by atoms with Crippen LogP contribution in [0.15, 0.2) is 132 Å². The van der Waals surface area contributed by atoms with Crippen molar-refractivity contribution in [1.82, 2.24) is 0 Å². The van der Waals surface area contributed by atoms with Crippen molar-refractivity contribution in [3.63, 3.8) is 0 Å². The van der Waals surface area contributed by atoms with Gasteiger partial charge in [-0.25, -0.2) is 0 Å². The Bertz CT molecular complexity index is 1550. The molecule has 1 nitrogen and oxygen atoms in total. The third-order valence-electron chi connectivity index (χ3n) is 6.32. The van der Waals surface area contributed by atoms with Crippen molar-refractivity contribution >= 4 is 38.5 Å². The highest BCUT2D eigenvalue weighted by Crippen LogP contribution is 2.31. The molecule has 6 aromatic rings. The molecule has 0 saturated heterocycles. The van der Waals surface area contributed by atoms with Gasteiger partial charge in [0.15, 0.2) is 0 Å². The monoisotopic (exact) mass is 421 g/mol. The maximum absolute atomic E-state index is 5.13. The van der Waals surface area contributed by atoms with Crippen molar-refractivity contribution in [3.05, 3.63) is 144 Å². The largest absolute Gasteiger partial charge is 0.280 e. The number of benzene rings is 6. The molecule has 0 unspecified atom stereocenters. The van der Waals surface area contributed by atoms with Crippen molar-refractivity contribution in [3.8, 4) is 0 Å². The maximum atomic E-state index is 5.13. The summed E-state index contributed by atoms with van der Waals surface area (Å²) in [7, 11) is 0. The van der Waals surface area contributed by atoms with Gasteiger partial charge in [-0.2, -0.15) is 0 Å². The summed E-state index contributed by atoms with van der Waals surface area (Å²) in [6.07, 6.45) is 2.02. The average Bonchev–Trinajstić information content (AvgIpc) is 2.88. The van der Waals surface area contributed by atoms with Gasteiger partial charge >= 0.3 is 0 Å². The van der Waals surface area contributed by atoms with Crippen LogP contribution in [0.2, 0.25) is 0 Å². The van der Waals surface area contributed by atoms with Gasteiger partial charge in [-0.1, -0.05) is 109 Å². The fourth-order valence-corrected chi connectivity index (χ4v) is 4.57. The van der Waals surface area contributed by atoms with Crippen LogP contribution in [0.5, 0.6) is 0 Å². The second-order valence-corrected chi connectivity index (χ2v) is 8.50. The molecule has 0 heterocycles. The van der Waals surface area contributed by atoms with Crippen molar-refractivity contribution in [2.75, 3.05) is 0 Å². The maximum Gasteiger partial charge on any atom is 0.1000 e. The lowest BCUT2D eigenvalue weighted by atomic mass is 9.95. The van der Waals surface area contributed by atoms with Crippen LogP contribution in [0.25, 0.3) is 32.3 Å². The quantitative estimate of drug-likeness (QED) is 0.254. The topological polar surface area (TPSA) is 12.4 Å². The summed E-state index contributed by atoms with van der Waals surface area (Å²) >= 11 is 0. The van der Waals surface area contributed by atoms with E-state index in [1.807, 2.05) is 6.21 Å². The molecule has 0 N–H and O–H groups in total. The summed E-state index contributed by atoms with van der Waals surface area (Å²) in [5.74, 6) is 0. The molecule has 6 rings (SSSR count). The van der Waals surface area contributed by atoms with Crippen molar-refractivity contribution in [1.29, 1.82) is 0 Å². The van der Waals surface area contributed by atoms with Crippen LogP contribution in [-0.4, -0.2) is 6.21 Å². The molecule has 0 aliphatic rings. The summed E-state index contributed by atoms with van der Waals surface area (Å²) in [5.41, 5.74) is 3.50. The molecule has 156 valence electrons. The number of hydrogen-bond acceptors (Lipinski definition) is 1. The van der Waals surface area contributed by atoms with Crippen LogP contribution >= 0.6 is 0 Å². The predicted molar refractivity (Wildman–Crippen MR) is 141 cm³/mol. The molecule has 0 aliphatic carbocycles. The van der Waals surface area contributed by atoms with E-state index >= 15 is 0 Å². The zero-order chi connectivity index (χ0) is 22.0. The van der Waals surface area contributed by atoms with Crippen LogP contribution in [0.3, 0.4) is 0 Å². The van der Waals surface area contributed by atoms with E-state index in [0.717, 1.165) is 5.56 Å². The van der Waals surface area contributed by atoms with Crippen LogP contribution in [0, 0.1) is 0 Å². The minimum atomic E-state index is -0.0781. The average molecular weight is 422 g/mol. The zero-order valence-electron chi connectivity index (χ0n) is 18.2. The van der Waals surface area contributed by atoms with Crippen LogP contribution in [0.4, 0.5) is 0 Å². The van der Waals surface area contributed by atoms with Crippen LogP contribution in [0.1, 0.15) is 22.7 Å². The molecule has 0 fully saturated rings. The summed E-state index contributed by atoms with van der Waals surface area (Å²) in [4.78, 5) is 5.13. The zero-order valence-corrected chi connectivity index (χ0v) is 18.2. The molecule has 0 amide bonds. The highest BCUT2D eigenvalue weighted by atomic mass is 14.8. The normalized spacial score (nSPS) is 11.8. The Balaban J connectivity index is 1.46. The highest BCUT2D eigenvalue weighted by Gasteiger charge is 2.14. The van der Waals surface area contributed by atoms with Crippen LogP contribution in [-0.2, 0) is 0 Å². The van der Waals surface area contributed by atoms with E-state index in [4.69, 9.17) is 4.99 Å². The van der Waals surface area contributed by atoms with E-state index in [2.05, 4.69) is 127 Å². The van der Waals surface area contributed by atoms with E-state index in [-0.39, 0.29) is 6.04 Å². The van der Waals surface area contributed by atoms with Gasteiger partial charge in [0.25, 0.3) is 0 Å². The van der Waals surface area contributed by atoms with Gasteiger partial charge in [0, 0.05) is 6.21 Å². The lowest BCUT2D eigenvalue weighted by molar-refractivity contribution is 0.882. The predicted octanol–water partition coefficient (Wildman–Crippen LogP) is 8.35. The van der Waals surface area contributed by atoms with E-state index in [1.54, 1.807) is 0 Å². The number of aliphatic imine (C=N–C) groups is 1. The minimum Gasteiger partial charge on any atom is -0.280 e. The van der Waals surface area contributed by atoms with Crippen LogP contribution < -0.4 is 0 Å². The molecule has 1 heteroatoms. The first-order valence-corrected chi connectivity index (χ1v) is 11.3. The summed E-state index contributed by atoms with van der Waals surface area (Å²) < 4.78 is 0. The lowest BCUT2D eigenvalue weighted by Gasteiger charge is -2.16. The molecule has 0 spiro atoms. The molecular weight excluding hydrogens is 398 g/mol. The molecule has 33 heavy (non-hydrogen) atoms. The Morgan fingerprint density at radius 3 is 1.36 bits per heavy atom. The molecule has 0 saturated carbocycles. The van der Waals surface area contributed by atoms with Gasteiger partial charge in [-0.05, 0) is 67.2 Å². The Morgan fingerprint density at radius 1 is 0.424 bits per heavy atom. The highest BCUT2D eigenvalue weighted by molar-refractivity contribution is 5.91. The second-order valence-electron chi connectivity index (χ2n) is 8.50. The van der Waals surface area contributed by atoms with E-state index in [1.165, 1.54) is 43.4 Å². The third-order valence-corrected chi connectivity index (χ3v) is 6.32. The van der Waals surface area contributed by atoms with Gasteiger partial charge in [0.1, 0.15) is 0 Å². The second kappa shape index (κ2) is 8.37. The Hall–Kier alpha value is -4.23. The SMILES string of the molecule is C(=NC(c1ccc2ccccc2c1)c1ccc2ccccc2c1)c1ccc2ccccc2c1. The number of rotatable bonds is 4. The number of hydrogen-bond donors (Lipinski definition) is 0. The number of fused-ring (bicyclic) bond motifs is 3. The van der Waals surface area contributed by atoms with E-state index < -0.39 is 0 Å². The first-order valence-electron chi connectivity index (χ1n) is 11.3. The summed E-state index contributed by atoms with van der Waals surface area (Å²) in [6, 6.07) is 45.2. The van der Waals surface area contributed by atoms with E-state index in [0.29, 0.717) is 0 Å². The lowest BCUT2D eigenvalue weighted by Crippen LogP contribution is -2.00. The standard InChI is InChI=1S/C32H23N/c1-4-10-27-19-23(13-14-24(27)7-1)22-33-32(30-17-15-25-8-2-5-11-28(25)20-30)31-18-16-26-9-3-6-12-29(26)21-31/h1-22,32H. The van der Waals surface area contributed by atoms with Crippen molar-refractivity contribution < 1.29 is 0 Å². The molecule has 0 bridgehead atoms. The Morgan fingerprint density at radius 2 is 0.848 bits per heavy atom. The van der Waals surface area contributed by atoms with Crippen molar-refractivity contribution in [2.45, 2.75) is 6.04 Å². The smallest absolute Gasteiger partial charge is 0.1000 e. The minimum absolute atomic E-state index is 0.0781. The van der Waals surface area contributed by atoms with Crippen molar-refractivity contribution in [2.24, 2.45) is 4.99 Å². The summed E-state index contributed by atoms with van der Waals surface area (Å²) in [5, 5.41) is 7.45. The van der Waals surface area contributed by atoms with Gasteiger partial charge in [0.2, 0.25) is 0 Å². The van der Waals surface area contributed by atoms with Gasteiger partial charge in [-0.3, -0.25) is 4.99 Å². The van der Waals surface area contributed by atoms with Gasteiger partial charge < -0.3 is 0 Å². The molecule has 0 atom stereocenters. The number of nitrogens with zero attached hydrogens (tertiary/aromatic N) is 1. The summed E-state index contributed by atoms with van der Waals surface area (Å²) in [6.45, 7) is 0. The fourth-order valence-electron chi connectivity index (χ4n) is 4.57. The molecule has 0 aromatic heterocycles. The van der Waals surface area contributed by atoms with Gasteiger partial charge in [-0.15, -0.1) is 0 Å². The van der Waals surface area contributed by atoms with Gasteiger partial charge in [0.05, 0.1) is 6.04 Å². The molecule has 0 radical (unpaired) electrons. The first-order chi connectivity index (χ1) is 16.3.